The zero-order valence-electron chi connectivity index (χ0n) is 9.69. The quantitative estimate of drug-likeness (QED) is 0.661. The van der Waals surface area contributed by atoms with E-state index in [0.717, 1.165) is 5.56 Å². The van der Waals surface area contributed by atoms with E-state index in [2.05, 4.69) is 11.8 Å². The van der Waals surface area contributed by atoms with Gasteiger partial charge in [0, 0.05) is 10.6 Å². The predicted molar refractivity (Wildman–Crippen MR) is 74.7 cm³/mol. The topological polar surface area (TPSA) is 35.2 Å². The van der Waals surface area contributed by atoms with Crippen LogP contribution in [-0.2, 0) is 0 Å². The second-order valence-electron chi connectivity index (χ2n) is 3.64. The van der Waals surface area contributed by atoms with Crippen molar-refractivity contribution < 1.29 is 4.74 Å². The van der Waals surface area contributed by atoms with Crippen molar-refractivity contribution in [3.63, 3.8) is 0 Å². The van der Waals surface area contributed by atoms with E-state index < -0.39 is 0 Å². The number of para-hydroxylation sites is 2. The van der Waals surface area contributed by atoms with Gasteiger partial charge in [-0.15, -0.1) is 0 Å². The van der Waals surface area contributed by atoms with Crippen LogP contribution in [0, 0.1) is 11.8 Å². The Morgan fingerprint density at radius 1 is 1.11 bits per heavy atom. The van der Waals surface area contributed by atoms with Gasteiger partial charge in [-0.1, -0.05) is 41.6 Å². The fourth-order valence-corrected chi connectivity index (χ4v) is 1.62. The molecule has 2 nitrogen and oxygen atoms in total. The largest absolute Gasteiger partial charge is 0.479 e. The van der Waals surface area contributed by atoms with Crippen molar-refractivity contribution in [1.82, 2.24) is 0 Å². The van der Waals surface area contributed by atoms with E-state index in [0.29, 0.717) is 23.1 Å². The van der Waals surface area contributed by atoms with Crippen molar-refractivity contribution in [2.45, 2.75) is 0 Å². The van der Waals surface area contributed by atoms with E-state index >= 15 is 0 Å². The van der Waals surface area contributed by atoms with E-state index in [1.165, 1.54) is 0 Å². The maximum absolute atomic E-state index is 5.86. The molecule has 0 aliphatic heterocycles. The number of ether oxygens (including phenoxy) is 1. The highest BCUT2D eigenvalue weighted by Crippen LogP contribution is 2.19. The van der Waals surface area contributed by atoms with Crippen LogP contribution in [0.15, 0.2) is 48.5 Å². The molecule has 0 aliphatic carbocycles. The van der Waals surface area contributed by atoms with Gasteiger partial charge in [0.1, 0.15) is 12.4 Å². The van der Waals surface area contributed by atoms with Gasteiger partial charge in [0.25, 0.3) is 0 Å². The van der Waals surface area contributed by atoms with Crippen LogP contribution in [0.2, 0.25) is 5.02 Å². The molecule has 2 rings (SSSR count). The summed E-state index contributed by atoms with van der Waals surface area (Å²) in [5.41, 5.74) is 7.22. The van der Waals surface area contributed by atoms with Crippen LogP contribution in [0.3, 0.4) is 0 Å². The van der Waals surface area contributed by atoms with Crippen LogP contribution >= 0.6 is 11.6 Å². The molecule has 0 amide bonds. The molecular formula is C15H12ClNO. The maximum Gasteiger partial charge on any atom is 0.149 e. The van der Waals surface area contributed by atoms with Gasteiger partial charge in [0.2, 0.25) is 0 Å². The highest BCUT2D eigenvalue weighted by Gasteiger charge is 1.95. The molecule has 2 aromatic carbocycles. The first-order valence-electron chi connectivity index (χ1n) is 5.47. The van der Waals surface area contributed by atoms with E-state index in [-0.39, 0.29) is 0 Å². The molecule has 0 saturated carbocycles. The Kier molecular flexibility index (Phi) is 4.11. The normalized spacial score (nSPS) is 9.39. The number of anilines is 1. The first-order chi connectivity index (χ1) is 8.75. The van der Waals surface area contributed by atoms with Crippen LogP contribution in [0.25, 0.3) is 0 Å². The second-order valence-corrected chi connectivity index (χ2v) is 4.08. The third-order valence-corrected chi connectivity index (χ3v) is 2.51. The van der Waals surface area contributed by atoms with Gasteiger partial charge in [0.15, 0.2) is 0 Å². The van der Waals surface area contributed by atoms with E-state index in [9.17, 15) is 0 Å². The lowest BCUT2D eigenvalue weighted by atomic mass is 10.2. The Bertz CT molecular complexity index is 599. The summed E-state index contributed by atoms with van der Waals surface area (Å²) >= 11 is 5.86. The molecule has 90 valence electrons. The fourth-order valence-electron chi connectivity index (χ4n) is 1.43. The third-order valence-electron chi connectivity index (χ3n) is 2.28. The maximum atomic E-state index is 5.86. The molecule has 0 heterocycles. The molecule has 0 radical (unpaired) electrons. The molecular weight excluding hydrogens is 246 g/mol. The Balaban J connectivity index is 1.96. The monoisotopic (exact) mass is 257 g/mol. The minimum absolute atomic E-state index is 0.292. The van der Waals surface area contributed by atoms with Crippen LogP contribution in [0.4, 0.5) is 5.69 Å². The zero-order chi connectivity index (χ0) is 12.8. The molecule has 0 atom stereocenters. The molecule has 18 heavy (non-hydrogen) atoms. The Morgan fingerprint density at radius 3 is 2.72 bits per heavy atom. The number of hydrogen-bond donors (Lipinski definition) is 1. The van der Waals surface area contributed by atoms with Crippen molar-refractivity contribution in [3.8, 4) is 17.6 Å². The van der Waals surface area contributed by atoms with Crippen LogP contribution < -0.4 is 10.5 Å². The minimum atomic E-state index is 0.292. The predicted octanol–water partition coefficient (Wildman–Crippen LogP) is 3.35. The summed E-state index contributed by atoms with van der Waals surface area (Å²) in [6.07, 6.45) is 0. The first-order valence-corrected chi connectivity index (χ1v) is 5.85. The van der Waals surface area contributed by atoms with E-state index in [1.807, 2.05) is 42.5 Å². The molecule has 2 aromatic rings. The molecule has 0 aliphatic rings. The van der Waals surface area contributed by atoms with Gasteiger partial charge in [-0.25, -0.2) is 0 Å². The number of nitrogens with two attached hydrogens (primary N) is 1. The van der Waals surface area contributed by atoms with E-state index in [1.54, 1.807) is 6.07 Å². The molecule has 2 N–H and O–H groups in total. The van der Waals surface area contributed by atoms with Crippen molar-refractivity contribution in [2.24, 2.45) is 0 Å². The van der Waals surface area contributed by atoms with Gasteiger partial charge in [-0.3, -0.25) is 0 Å². The number of nitrogen functional groups attached to an aromatic ring is 1. The van der Waals surface area contributed by atoms with Crippen molar-refractivity contribution in [1.29, 1.82) is 0 Å². The lowest BCUT2D eigenvalue weighted by Crippen LogP contribution is -1.97. The summed E-state index contributed by atoms with van der Waals surface area (Å²) < 4.78 is 5.46. The smallest absolute Gasteiger partial charge is 0.149 e. The molecule has 0 unspecified atom stereocenters. The molecule has 0 bridgehead atoms. The second kappa shape index (κ2) is 6.00. The highest BCUT2D eigenvalue weighted by molar-refractivity contribution is 6.30. The third kappa shape index (κ3) is 3.44. The average molecular weight is 258 g/mol. The lowest BCUT2D eigenvalue weighted by molar-refractivity contribution is 0.372. The molecule has 0 aromatic heterocycles. The summed E-state index contributed by atoms with van der Waals surface area (Å²) in [4.78, 5) is 0. The Hall–Kier alpha value is -2.11. The van der Waals surface area contributed by atoms with Gasteiger partial charge in [-0.05, 0) is 30.3 Å². The van der Waals surface area contributed by atoms with Crippen molar-refractivity contribution >= 4 is 17.3 Å². The zero-order valence-corrected chi connectivity index (χ0v) is 10.4. The summed E-state index contributed by atoms with van der Waals surface area (Å²) in [7, 11) is 0. The fraction of sp³-hybridized carbons (Fsp3) is 0.0667. The Labute approximate surface area is 111 Å². The molecule has 0 saturated heterocycles. The Morgan fingerprint density at radius 2 is 1.94 bits per heavy atom. The van der Waals surface area contributed by atoms with Crippen molar-refractivity contribution in [3.05, 3.63) is 59.1 Å². The number of benzene rings is 2. The highest BCUT2D eigenvalue weighted by atomic mass is 35.5. The standard InChI is InChI=1S/C15H12ClNO/c16-13-7-3-5-12(11-13)6-4-10-18-15-9-2-1-8-14(15)17/h1-3,5,7-9,11H,10,17H2. The first kappa shape index (κ1) is 12.3. The number of rotatable bonds is 2. The minimum Gasteiger partial charge on any atom is -0.479 e. The van der Waals surface area contributed by atoms with Crippen molar-refractivity contribution in [2.75, 3.05) is 12.3 Å². The molecule has 3 heteroatoms. The summed E-state index contributed by atoms with van der Waals surface area (Å²) in [5, 5.41) is 0.676. The average Bonchev–Trinajstić information content (AvgIpc) is 2.37. The van der Waals surface area contributed by atoms with Crippen LogP contribution in [0.1, 0.15) is 5.56 Å². The lowest BCUT2D eigenvalue weighted by Gasteiger charge is -2.04. The summed E-state index contributed by atoms with van der Waals surface area (Å²) in [6, 6.07) is 14.7. The van der Waals surface area contributed by atoms with Crippen LogP contribution in [0.5, 0.6) is 5.75 Å². The number of hydrogen-bond acceptors (Lipinski definition) is 2. The molecule has 0 spiro atoms. The van der Waals surface area contributed by atoms with Gasteiger partial charge < -0.3 is 10.5 Å². The summed E-state index contributed by atoms with van der Waals surface area (Å²) in [6.45, 7) is 0.292. The SMILES string of the molecule is Nc1ccccc1OCC#Cc1cccc(Cl)c1. The van der Waals surface area contributed by atoms with Gasteiger partial charge in [0.05, 0.1) is 5.69 Å². The van der Waals surface area contributed by atoms with Crippen LogP contribution in [-0.4, -0.2) is 6.61 Å². The van der Waals surface area contributed by atoms with Gasteiger partial charge in [-0.2, -0.15) is 0 Å². The van der Waals surface area contributed by atoms with Gasteiger partial charge >= 0.3 is 0 Å². The number of halogens is 1. The van der Waals surface area contributed by atoms with E-state index in [4.69, 9.17) is 22.1 Å². The summed E-state index contributed by atoms with van der Waals surface area (Å²) in [5.74, 6) is 6.54. The molecule has 0 fully saturated rings.